The first-order chi connectivity index (χ1) is 16.4. The molecule has 5 rings (SSSR count). The number of aromatic nitrogens is 5. The highest BCUT2D eigenvalue weighted by molar-refractivity contribution is 7.89. The summed E-state index contributed by atoms with van der Waals surface area (Å²) in [6.07, 6.45) is 3.07. The van der Waals surface area contributed by atoms with Crippen LogP contribution in [0.4, 0.5) is 0 Å². The highest BCUT2D eigenvalue weighted by Crippen LogP contribution is 2.25. The van der Waals surface area contributed by atoms with Crippen LogP contribution >= 0.6 is 0 Å². The molecule has 1 aliphatic rings. The van der Waals surface area contributed by atoms with Crippen LogP contribution < -0.4 is 4.74 Å². The number of H-pyrrole nitrogens is 1. The third-order valence-electron chi connectivity index (χ3n) is 5.95. The fraction of sp³-hybridized carbons (Fsp3) is 0.273. The Balaban J connectivity index is 1.31. The van der Waals surface area contributed by atoms with Gasteiger partial charge < -0.3 is 14.6 Å². The molecule has 11 nitrogen and oxygen atoms in total. The van der Waals surface area contributed by atoms with Gasteiger partial charge in [-0.3, -0.25) is 4.79 Å². The van der Waals surface area contributed by atoms with Gasteiger partial charge in [0, 0.05) is 50.0 Å². The van der Waals surface area contributed by atoms with Gasteiger partial charge >= 0.3 is 0 Å². The summed E-state index contributed by atoms with van der Waals surface area (Å²) >= 11 is 0. The zero-order valence-corrected chi connectivity index (χ0v) is 19.5. The van der Waals surface area contributed by atoms with Crippen molar-refractivity contribution < 1.29 is 17.9 Å². The second-order valence-corrected chi connectivity index (χ2v) is 9.79. The summed E-state index contributed by atoms with van der Waals surface area (Å²) in [6.45, 7) is 2.65. The van der Waals surface area contributed by atoms with E-state index < -0.39 is 10.0 Å². The molecule has 0 saturated carbocycles. The van der Waals surface area contributed by atoms with Crippen LogP contribution in [0.1, 0.15) is 16.2 Å². The van der Waals surface area contributed by atoms with Crippen molar-refractivity contribution in [1.82, 2.24) is 34.2 Å². The average Bonchev–Trinajstić information content (AvgIpc) is 3.48. The topological polar surface area (TPSA) is 126 Å². The molecule has 1 saturated heterocycles. The highest BCUT2D eigenvalue weighted by Gasteiger charge is 2.33. The van der Waals surface area contributed by atoms with Gasteiger partial charge in [0.2, 0.25) is 10.0 Å². The van der Waals surface area contributed by atoms with E-state index in [1.54, 1.807) is 48.0 Å². The molecule has 1 N–H and O–H groups in total. The molecule has 4 heterocycles. The van der Waals surface area contributed by atoms with E-state index in [-0.39, 0.29) is 42.7 Å². The number of fused-ring (bicyclic) bond motifs is 1. The van der Waals surface area contributed by atoms with Gasteiger partial charge in [-0.05, 0) is 31.2 Å². The molecule has 0 bridgehead atoms. The quantitative estimate of drug-likeness (QED) is 0.459. The fourth-order valence-corrected chi connectivity index (χ4v) is 5.65. The van der Waals surface area contributed by atoms with Gasteiger partial charge in [-0.2, -0.15) is 4.31 Å². The first kappa shape index (κ1) is 22.0. The van der Waals surface area contributed by atoms with Crippen molar-refractivity contribution in [1.29, 1.82) is 0 Å². The number of benzene rings is 1. The molecule has 34 heavy (non-hydrogen) atoms. The summed E-state index contributed by atoms with van der Waals surface area (Å²) in [4.78, 5) is 22.0. The molecular weight excluding hydrogens is 458 g/mol. The number of ether oxygens (including phenoxy) is 1. The molecule has 4 aromatic rings. The van der Waals surface area contributed by atoms with Crippen molar-refractivity contribution in [3.63, 3.8) is 0 Å². The first-order valence-electron chi connectivity index (χ1n) is 10.7. The van der Waals surface area contributed by atoms with Gasteiger partial charge in [0.1, 0.15) is 16.3 Å². The summed E-state index contributed by atoms with van der Waals surface area (Å²) in [5, 5.41) is 8.79. The lowest BCUT2D eigenvalue weighted by Crippen LogP contribution is -2.50. The zero-order chi connectivity index (χ0) is 23.9. The minimum Gasteiger partial charge on any atom is -0.497 e. The number of piperazine rings is 1. The molecule has 0 unspecified atom stereocenters. The van der Waals surface area contributed by atoms with Crippen LogP contribution in [0.25, 0.3) is 16.7 Å². The molecule has 3 aromatic heterocycles. The monoisotopic (exact) mass is 481 g/mol. The normalized spacial score (nSPS) is 15.1. The number of nitrogens with zero attached hydrogens (tertiary/aromatic N) is 6. The van der Waals surface area contributed by atoms with Crippen LogP contribution in [-0.2, 0) is 10.0 Å². The minimum absolute atomic E-state index is 0.185. The predicted octanol–water partition coefficient (Wildman–Crippen LogP) is 1.61. The van der Waals surface area contributed by atoms with Crippen molar-refractivity contribution in [2.45, 2.75) is 11.8 Å². The van der Waals surface area contributed by atoms with Crippen molar-refractivity contribution in [2.75, 3.05) is 33.3 Å². The van der Waals surface area contributed by atoms with Crippen LogP contribution in [-0.4, -0.2) is 81.8 Å². The Morgan fingerprint density at radius 3 is 2.68 bits per heavy atom. The summed E-state index contributed by atoms with van der Waals surface area (Å²) in [5.74, 6) is 0.392. The Morgan fingerprint density at radius 1 is 1.12 bits per heavy atom. The lowest BCUT2D eigenvalue weighted by Gasteiger charge is -2.33. The number of carbonyl (C=O) groups is 1. The third kappa shape index (κ3) is 3.70. The fourth-order valence-electron chi connectivity index (χ4n) is 4.08. The Bertz CT molecular complexity index is 1470. The molecule has 1 aliphatic heterocycles. The van der Waals surface area contributed by atoms with Gasteiger partial charge in [-0.1, -0.05) is 11.3 Å². The third-order valence-corrected chi connectivity index (χ3v) is 7.89. The molecule has 0 atom stereocenters. The van der Waals surface area contributed by atoms with Gasteiger partial charge in [0.15, 0.2) is 5.69 Å². The number of carbonyl (C=O) groups excluding carboxylic acids is 1. The standard InChI is InChI=1S/C22H23N7O4S/c1-15-20(25-26-29(15)16-5-3-6-17(13-16)33-2)22(30)27-9-11-28(12-10-27)34(31,32)19-14-24-21-18(19)7-4-8-23-21/h3-8,13-14H,9-12H2,1-2H3,(H,23,24). The lowest BCUT2D eigenvalue weighted by molar-refractivity contribution is 0.0691. The molecule has 1 aromatic carbocycles. The van der Waals surface area contributed by atoms with Gasteiger partial charge in [0.05, 0.1) is 18.5 Å². The molecule has 0 spiro atoms. The maximum absolute atomic E-state index is 13.2. The largest absolute Gasteiger partial charge is 0.497 e. The van der Waals surface area contributed by atoms with Crippen LogP contribution in [0.15, 0.2) is 53.7 Å². The van der Waals surface area contributed by atoms with E-state index in [2.05, 4.69) is 20.3 Å². The number of hydrogen-bond donors (Lipinski definition) is 1. The Morgan fingerprint density at radius 2 is 1.91 bits per heavy atom. The molecule has 176 valence electrons. The average molecular weight is 482 g/mol. The predicted molar refractivity (Wildman–Crippen MR) is 123 cm³/mol. The molecule has 1 fully saturated rings. The highest BCUT2D eigenvalue weighted by atomic mass is 32.2. The number of rotatable bonds is 5. The van der Waals surface area contributed by atoms with E-state index in [0.29, 0.717) is 22.5 Å². The number of amides is 1. The molecule has 12 heteroatoms. The van der Waals surface area contributed by atoms with E-state index in [1.807, 2.05) is 18.2 Å². The van der Waals surface area contributed by atoms with Crippen molar-refractivity contribution in [3.8, 4) is 11.4 Å². The second kappa shape index (κ2) is 8.54. The maximum Gasteiger partial charge on any atom is 0.276 e. The first-order valence-corrected chi connectivity index (χ1v) is 12.1. The molecular formula is C22H23N7O4S. The molecule has 0 aliphatic carbocycles. The summed E-state index contributed by atoms with van der Waals surface area (Å²) in [6, 6.07) is 10.7. The van der Waals surface area contributed by atoms with Crippen LogP contribution in [0.2, 0.25) is 0 Å². The summed E-state index contributed by atoms with van der Waals surface area (Å²) < 4.78 is 34.7. The van der Waals surface area contributed by atoms with E-state index >= 15 is 0 Å². The van der Waals surface area contributed by atoms with Gasteiger partial charge in [-0.25, -0.2) is 18.1 Å². The van der Waals surface area contributed by atoms with E-state index in [9.17, 15) is 13.2 Å². The maximum atomic E-state index is 13.2. The van der Waals surface area contributed by atoms with Crippen molar-refractivity contribution in [3.05, 3.63) is 60.2 Å². The Labute approximate surface area is 196 Å². The van der Waals surface area contributed by atoms with Crippen LogP contribution in [0, 0.1) is 6.92 Å². The van der Waals surface area contributed by atoms with Gasteiger partial charge in [-0.15, -0.1) is 5.10 Å². The Hall–Kier alpha value is -3.77. The zero-order valence-electron chi connectivity index (χ0n) is 18.7. The second-order valence-electron chi connectivity index (χ2n) is 7.89. The number of aromatic amines is 1. The summed E-state index contributed by atoms with van der Waals surface area (Å²) in [5.41, 5.74) is 2.08. The molecule has 0 radical (unpaired) electrons. The van der Waals surface area contributed by atoms with E-state index in [4.69, 9.17) is 4.74 Å². The Kier molecular flexibility index (Phi) is 5.54. The number of pyridine rings is 1. The van der Waals surface area contributed by atoms with Crippen molar-refractivity contribution >= 4 is 27.0 Å². The van der Waals surface area contributed by atoms with Crippen LogP contribution in [0.5, 0.6) is 5.75 Å². The summed E-state index contributed by atoms with van der Waals surface area (Å²) in [7, 11) is -2.14. The van der Waals surface area contributed by atoms with Crippen LogP contribution in [0.3, 0.4) is 0 Å². The van der Waals surface area contributed by atoms with E-state index in [0.717, 1.165) is 5.69 Å². The van der Waals surface area contributed by atoms with Crippen molar-refractivity contribution in [2.24, 2.45) is 0 Å². The smallest absolute Gasteiger partial charge is 0.276 e. The SMILES string of the molecule is COc1cccc(-n2nnc(C(=O)N3CCN(S(=O)(=O)c4c[nH]c5ncccc45)CC3)c2C)c1. The minimum atomic E-state index is -3.73. The lowest BCUT2D eigenvalue weighted by atomic mass is 10.2. The number of nitrogens with one attached hydrogen (secondary N) is 1. The number of methoxy groups -OCH3 is 1. The number of hydrogen-bond acceptors (Lipinski definition) is 7. The van der Waals surface area contributed by atoms with Gasteiger partial charge in [0.25, 0.3) is 5.91 Å². The van der Waals surface area contributed by atoms with E-state index in [1.165, 1.54) is 10.5 Å². The number of sulfonamides is 1. The molecule has 1 amide bonds.